The minimum absolute atomic E-state index is 0.0626. The standard InChI is InChI=1S/C33H64N6O5/c1-27-30(36-32(41)35-27)15-11-8-12-16-31(40)34-17-19-42-21-23-44-24-22-43-20-18-38-26-29(25-33(2,3)4)39(37-38)28-13-9-6-5-7-10-14-28/h27-30,37H,5-26H2,1-4H3,(H,34,40)(H2,35,36,41)/t27-,29?,30+/m0/s1. The van der Waals surface area contributed by atoms with Crippen LogP contribution in [0, 0.1) is 5.41 Å². The van der Waals surface area contributed by atoms with Gasteiger partial charge in [0.05, 0.1) is 45.7 Å². The molecule has 0 aromatic carbocycles. The predicted molar refractivity (Wildman–Crippen MR) is 174 cm³/mol. The zero-order valence-corrected chi connectivity index (χ0v) is 28.3. The molecule has 3 rings (SSSR count). The SMILES string of the molecule is C[C@@H]1NC(=O)N[C@@H]1CCCCCC(=O)NCCOCCOCCOCCN1CC(CC(C)(C)C)N(C2CCCCCCC2)N1. The van der Waals surface area contributed by atoms with Crippen molar-refractivity contribution in [2.45, 2.75) is 135 Å². The van der Waals surface area contributed by atoms with Gasteiger partial charge in [-0.15, -0.1) is 0 Å². The molecule has 0 aromatic heterocycles. The smallest absolute Gasteiger partial charge is 0.315 e. The van der Waals surface area contributed by atoms with Crippen LogP contribution in [0.3, 0.4) is 0 Å². The quantitative estimate of drug-likeness (QED) is 0.150. The second-order valence-corrected chi connectivity index (χ2v) is 14.2. The average molecular weight is 625 g/mol. The van der Waals surface area contributed by atoms with Crippen molar-refractivity contribution in [1.29, 1.82) is 0 Å². The molecule has 3 atom stereocenters. The normalized spacial score (nSPS) is 24.2. The van der Waals surface area contributed by atoms with Gasteiger partial charge in [0.2, 0.25) is 5.91 Å². The summed E-state index contributed by atoms with van der Waals surface area (Å²) in [6.45, 7) is 14.8. The largest absolute Gasteiger partial charge is 0.378 e. The molecule has 2 saturated heterocycles. The van der Waals surface area contributed by atoms with Gasteiger partial charge in [-0.05, 0) is 44.4 Å². The van der Waals surface area contributed by atoms with Gasteiger partial charge in [0.1, 0.15) is 0 Å². The van der Waals surface area contributed by atoms with Gasteiger partial charge in [0.15, 0.2) is 0 Å². The molecule has 11 heteroatoms. The molecular weight excluding hydrogens is 560 g/mol. The average Bonchev–Trinajstić information content (AvgIpc) is 3.48. The van der Waals surface area contributed by atoms with E-state index in [-0.39, 0.29) is 24.0 Å². The van der Waals surface area contributed by atoms with Crippen molar-refractivity contribution in [3.8, 4) is 0 Å². The molecule has 3 fully saturated rings. The Morgan fingerprint density at radius 1 is 0.886 bits per heavy atom. The fourth-order valence-corrected chi connectivity index (χ4v) is 6.59. The first-order valence-corrected chi connectivity index (χ1v) is 17.6. The Labute approximate surface area is 267 Å². The van der Waals surface area contributed by atoms with Gasteiger partial charge >= 0.3 is 6.03 Å². The summed E-state index contributed by atoms with van der Waals surface area (Å²) in [7, 11) is 0. The van der Waals surface area contributed by atoms with Crippen LogP contribution in [-0.4, -0.2) is 105 Å². The van der Waals surface area contributed by atoms with E-state index in [1.807, 2.05) is 6.92 Å². The van der Waals surface area contributed by atoms with Gasteiger partial charge in [-0.25, -0.2) is 14.8 Å². The molecule has 1 aliphatic carbocycles. The van der Waals surface area contributed by atoms with Crippen molar-refractivity contribution in [2.24, 2.45) is 5.41 Å². The predicted octanol–water partition coefficient (Wildman–Crippen LogP) is 4.13. The van der Waals surface area contributed by atoms with Crippen molar-refractivity contribution in [2.75, 3.05) is 59.3 Å². The highest BCUT2D eigenvalue weighted by atomic mass is 16.5. The summed E-state index contributed by atoms with van der Waals surface area (Å²) in [6, 6.07) is 1.47. The Balaban J connectivity index is 1.12. The molecule has 256 valence electrons. The number of amides is 3. The first-order chi connectivity index (χ1) is 21.2. The molecule has 3 aliphatic rings. The molecule has 0 aromatic rings. The van der Waals surface area contributed by atoms with Crippen LogP contribution in [0.25, 0.3) is 0 Å². The van der Waals surface area contributed by atoms with E-state index < -0.39 is 0 Å². The number of nitrogens with one attached hydrogen (secondary N) is 4. The maximum atomic E-state index is 12.0. The summed E-state index contributed by atoms with van der Waals surface area (Å²) < 4.78 is 17.1. The number of hydrogen-bond donors (Lipinski definition) is 4. The number of carbonyl (C=O) groups is 2. The van der Waals surface area contributed by atoms with E-state index in [4.69, 9.17) is 14.2 Å². The molecule has 11 nitrogen and oxygen atoms in total. The monoisotopic (exact) mass is 624 g/mol. The molecule has 2 heterocycles. The number of nitrogens with zero attached hydrogens (tertiary/aromatic N) is 2. The summed E-state index contributed by atoms with van der Waals surface area (Å²) in [5.41, 5.74) is 4.06. The number of rotatable bonds is 20. The lowest BCUT2D eigenvalue weighted by Gasteiger charge is -2.35. The molecule has 4 N–H and O–H groups in total. The van der Waals surface area contributed by atoms with Gasteiger partial charge in [0.25, 0.3) is 0 Å². The van der Waals surface area contributed by atoms with Crippen molar-refractivity contribution in [3.63, 3.8) is 0 Å². The number of carbonyl (C=O) groups excluding carboxylic acids is 2. The maximum absolute atomic E-state index is 12.0. The molecule has 2 aliphatic heterocycles. The lowest BCUT2D eigenvalue weighted by molar-refractivity contribution is -0.121. The minimum atomic E-state index is -0.0814. The topological polar surface area (TPSA) is 116 Å². The van der Waals surface area contributed by atoms with E-state index in [1.165, 1.54) is 51.4 Å². The number of unbranched alkanes of at least 4 members (excludes halogenated alkanes) is 2. The maximum Gasteiger partial charge on any atom is 0.315 e. The second-order valence-electron chi connectivity index (χ2n) is 14.2. The summed E-state index contributed by atoms with van der Waals surface area (Å²) >= 11 is 0. The van der Waals surface area contributed by atoms with E-state index in [9.17, 15) is 9.59 Å². The third kappa shape index (κ3) is 15.2. The van der Waals surface area contributed by atoms with Crippen LogP contribution >= 0.6 is 0 Å². The molecule has 3 amide bonds. The third-order valence-corrected chi connectivity index (χ3v) is 8.91. The van der Waals surface area contributed by atoms with Crippen LogP contribution in [0.1, 0.15) is 111 Å². The Kier molecular flexibility index (Phi) is 17.3. The Morgan fingerprint density at radius 2 is 1.55 bits per heavy atom. The summed E-state index contributed by atoms with van der Waals surface area (Å²) in [6.07, 6.45) is 15.0. The number of ether oxygens (including phenoxy) is 3. The van der Waals surface area contributed by atoms with Crippen LogP contribution in [0.4, 0.5) is 4.79 Å². The van der Waals surface area contributed by atoms with Crippen molar-refractivity contribution < 1.29 is 23.8 Å². The Hall–Kier alpha value is -1.50. The molecule has 0 radical (unpaired) electrons. The summed E-state index contributed by atoms with van der Waals surface area (Å²) in [5, 5.41) is 13.6. The molecule has 1 saturated carbocycles. The van der Waals surface area contributed by atoms with Crippen molar-refractivity contribution >= 4 is 11.9 Å². The number of hydrazine groups is 2. The fourth-order valence-electron chi connectivity index (χ4n) is 6.59. The highest BCUT2D eigenvalue weighted by Gasteiger charge is 2.37. The Morgan fingerprint density at radius 3 is 2.20 bits per heavy atom. The lowest BCUT2D eigenvalue weighted by atomic mass is 9.87. The molecule has 1 unspecified atom stereocenters. The van der Waals surface area contributed by atoms with Crippen molar-refractivity contribution in [3.05, 3.63) is 0 Å². The van der Waals surface area contributed by atoms with Gasteiger partial charge in [-0.3, -0.25) is 4.79 Å². The zero-order chi connectivity index (χ0) is 31.6. The highest BCUT2D eigenvalue weighted by Crippen LogP contribution is 2.30. The van der Waals surface area contributed by atoms with Gasteiger partial charge < -0.3 is 30.2 Å². The Bertz CT molecular complexity index is 804. The third-order valence-electron chi connectivity index (χ3n) is 8.91. The highest BCUT2D eigenvalue weighted by molar-refractivity contribution is 5.77. The molecule has 0 spiro atoms. The van der Waals surface area contributed by atoms with Gasteiger partial charge in [0, 0.05) is 44.2 Å². The molecule has 44 heavy (non-hydrogen) atoms. The van der Waals surface area contributed by atoms with E-state index >= 15 is 0 Å². The molecular formula is C33H64N6O5. The van der Waals surface area contributed by atoms with Crippen LogP contribution in [-0.2, 0) is 19.0 Å². The number of hydrogen-bond acceptors (Lipinski definition) is 8. The zero-order valence-electron chi connectivity index (χ0n) is 28.3. The van der Waals surface area contributed by atoms with Crippen LogP contribution in [0.15, 0.2) is 0 Å². The summed E-state index contributed by atoms with van der Waals surface area (Å²) in [4.78, 5) is 23.3. The van der Waals surface area contributed by atoms with Gasteiger partial charge in [-0.2, -0.15) is 5.53 Å². The van der Waals surface area contributed by atoms with Gasteiger partial charge in [-0.1, -0.05) is 65.7 Å². The van der Waals surface area contributed by atoms with Crippen molar-refractivity contribution in [1.82, 2.24) is 31.5 Å². The van der Waals surface area contributed by atoms with Crippen LogP contribution in [0.2, 0.25) is 0 Å². The van der Waals surface area contributed by atoms with Crippen LogP contribution < -0.4 is 21.5 Å². The first kappa shape index (κ1) is 37.0. The summed E-state index contributed by atoms with van der Waals surface area (Å²) in [5.74, 6) is 0.0626. The minimum Gasteiger partial charge on any atom is -0.378 e. The van der Waals surface area contributed by atoms with E-state index in [1.54, 1.807) is 0 Å². The molecule has 0 bridgehead atoms. The number of urea groups is 1. The van der Waals surface area contributed by atoms with Crippen LogP contribution in [0.5, 0.6) is 0 Å². The fraction of sp³-hybridized carbons (Fsp3) is 0.939. The lowest BCUT2D eigenvalue weighted by Crippen LogP contribution is -2.49. The van der Waals surface area contributed by atoms with E-state index in [2.05, 4.69) is 52.3 Å². The second kappa shape index (κ2) is 20.6. The first-order valence-electron chi connectivity index (χ1n) is 17.6. The van der Waals surface area contributed by atoms with E-state index in [0.29, 0.717) is 70.1 Å². The van der Waals surface area contributed by atoms with E-state index in [0.717, 1.165) is 38.8 Å².